The van der Waals surface area contributed by atoms with Crippen LogP contribution in [0.5, 0.6) is 0 Å². The van der Waals surface area contributed by atoms with Gasteiger partial charge in [0, 0.05) is 24.2 Å². The van der Waals surface area contributed by atoms with E-state index < -0.39 is 12.2 Å². The highest BCUT2D eigenvalue weighted by Gasteiger charge is 2.56. The van der Waals surface area contributed by atoms with Crippen molar-refractivity contribution in [1.29, 1.82) is 0 Å². The van der Waals surface area contributed by atoms with E-state index in [1.165, 1.54) is 11.9 Å². The summed E-state index contributed by atoms with van der Waals surface area (Å²) >= 11 is 0. The topological polar surface area (TPSA) is 109 Å². The van der Waals surface area contributed by atoms with Crippen LogP contribution in [0, 0.1) is 5.41 Å². The van der Waals surface area contributed by atoms with E-state index in [1.807, 2.05) is 22.9 Å². The predicted molar refractivity (Wildman–Crippen MR) is 107 cm³/mol. The number of aromatic nitrogens is 3. The number of nitrogens with two attached hydrogens (primary N) is 1. The second-order valence-corrected chi connectivity index (χ2v) is 8.26. The lowest BCUT2D eigenvalue weighted by Gasteiger charge is -2.27. The van der Waals surface area contributed by atoms with E-state index in [-0.39, 0.29) is 11.5 Å². The van der Waals surface area contributed by atoms with E-state index in [2.05, 4.69) is 39.6 Å². The molecule has 7 nitrogen and oxygen atoms in total. The fourth-order valence-corrected chi connectivity index (χ4v) is 5.16. The standard InChI is InChI=1S/C21H25N5O2/c22-19-15-6-7-26(20(15)25-12-24-19)16-10-21(18(28)17(16)27)9-14(23-11-21)8-13-4-2-1-3-5-13/h1-7,12,14,16-18,23,27-28H,8-11H2,(H2,22,24,25)/t14?,16?,17-,18?,21?/m1/s1. The molecule has 2 aliphatic rings. The molecule has 4 unspecified atom stereocenters. The van der Waals surface area contributed by atoms with E-state index in [1.54, 1.807) is 0 Å². The van der Waals surface area contributed by atoms with Crippen LogP contribution in [0.2, 0.25) is 0 Å². The van der Waals surface area contributed by atoms with Crippen LogP contribution in [-0.4, -0.2) is 49.5 Å². The molecule has 0 radical (unpaired) electrons. The number of anilines is 1. The van der Waals surface area contributed by atoms with Crippen LogP contribution in [0.3, 0.4) is 0 Å². The SMILES string of the molecule is Nc1ncnc2c1ccn2C1CC2(CNC(Cc3ccccc3)C2)C(O)[C@@H]1O. The Morgan fingerprint density at radius 3 is 2.79 bits per heavy atom. The van der Waals surface area contributed by atoms with Gasteiger partial charge < -0.3 is 25.8 Å². The third kappa shape index (κ3) is 2.70. The third-order valence-electron chi connectivity index (χ3n) is 6.58. The summed E-state index contributed by atoms with van der Waals surface area (Å²) in [6.07, 6.45) is 4.17. The maximum atomic E-state index is 11.0. The Kier molecular flexibility index (Phi) is 4.12. The van der Waals surface area contributed by atoms with Crippen molar-refractivity contribution in [2.24, 2.45) is 5.41 Å². The van der Waals surface area contributed by atoms with Gasteiger partial charge in [0.25, 0.3) is 0 Å². The van der Waals surface area contributed by atoms with E-state index >= 15 is 0 Å². The number of aliphatic hydroxyl groups is 2. The van der Waals surface area contributed by atoms with Crippen LogP contribution in [0.15, 0.2) is 48.9 Å². The molecule has 28 heavy (non-hydrogen) atoms. The van der Waals surface area contributed by atoms with Gasteiger partial charge in [0.2, 0.25) is 0 Å². The normalized spacial score (nSPS) is 32.5. The van der Waals surface area contributed by atoms with Gasteiger partial charge in [0.15, 0.2) is 0 Å². The molecule has 5 rings (SSSR count). The third-order valence-corrected chi connectivity index (χ3v) is 6.58. The highest BCUT2D eigenvalue weighted by molar-refractivity contribution is 5.86. The quantitative estimate of drug-likeness (QED) is 0.546. The summed E-state index contributed by atoms with van der Waals surface area (Å²) in [6.45, 7) is 0.704. The number of rotatable bonds is 3. The first-order chi connectivity index (χ1) is 13.6. The first-order valence-corrected chi connectivity index (χ1v) is 9.78. The molecule has 0 bridgehead atoms. The number of nitrogens with zero attached hydrogens (tertiary/aromatic N) is 3. The summed E-state index contributed by atoms with van der Waals surface area (Å²) in [7, 11) is 0. The van der Waals surface area contributed by atoms with Crippen LogP contribution in [0.25, 0.3) is 11.0 Å². The van der Waals surface area contributed by atoms with Crippen LogP contribution in [0.1, 0.15) is 24.4 Å². The molecule has 1 spiro atoms. The predicted octanol–water partition coefficient (Wildman–Crippen LogP) is 1.27. The molecule has 2 aromatic heterocycles. The minimum atomic E-state index is -0.843. The number of hydrogen-bond donors (Lipinski definition) is 4. The molecule has 5 N–H and O–H groups in total. The Morgan fingerprint density at radius 2 is 1.96 bits per heavy atom. The van der Waals surface area contributed by atoms with Gasteiger partial charge in [0.1, 0.15) is 23.9 Å². The summed E-state index contributed by atoms with van der Waals surface area (Å²) in [5.41, 5.74) is 7.60. The average molecular weight is 379 g/mol. The Hall–Kier alpha value is -2.48. The lowest BCUT2D eigenvalue weighted by Crippen LogP contribution is -2.38. The number of fused-ring (bicyclic) bond motifs is 1. The second kappa shape index (κ2) is 6.55. The molecule has 1 aliphatic heterocycles. The molecule has 146 valence electrons. The van der Waals surface area contributed by atoms with Crippen LogP contribution < -0.4 is 11.1 Å². The smallest absolute Gasteiger partial charge is 0.145 e. The zero-order chi connectivity index (χ0) is 19.3. The summed E-state index contributed by atoms with van der Waals surface area (Å²) in [4.78, 5) is 8.39. The lowest BCUT2D eigenvalue weighted by molar-refractivity contribution is -0.0217. The van der Waals surface area contributed by atoms with Crippen molar-refractivity contribution in [3.8, 4) is 0 Å². The molecule has 1 saturated carbocycles. The lowest BCUT2D eigenvalue weighted by atomic mass is 9.80. The fourth-order valence-electron chi connectivity index (χ4n) is 5.16. The van der Waals surface area contributed by atoms with Crippen molar-refractivity contribution < 1.29 is 10.2 Å². The molecule has 1 aromatic carbocycles. The van der Waals surface area contributed by atoms with Gasteiger partial charge in [-0.25, -0.2) is 9.97 Å². The summed E-state index contributed by atoms with van der Waals surface area (Å²) in [5.74, 6) is 0.428. The Bertz CT molecular complexity index is 991. The van der Waals surface area contributed by atoms with Gasteiger partial charge in [-0.2, -0.15) is 0 Å². The molecule has 3 heterocycles. The van der Waals surface area contributed by atoms with E-state index in [0.29, 0.717) is 30.5 Å². The fraction of sp³-hybridized carbons (Fsp3) is 0.429. The first-order valence-electron chi connectivity index (χ1n) is 9.78. The Balaban J connectivity index is 1.40. The van der Waals surface area contributed by atoms with Crippen LogP contribution >= 0.6 is 0 Å². The summed E-state index contributed by atoms with van der Waals surface area (Å²) in [5, 5.41) is 26.2. The minimum absolute atomic E-state index is 0.237. The van der Waals surface area contributed by atoms with Crippen LogP contribution in [0.4, 0.5) is 5.82 Å². The number of benzene rings is 1. The first kappa shape index (κ1) is 17.6. The maximum Gasteiger partial charge on any atom is 0.145 e. The highest BCUT2D eigenvalue weighted by Crippen LogP contribution is 2.50. The molecule has 1 aliphatic carbocycles. The molecule has 1 saturated heterocycles. The molecular weight excluding hydrogens is 354 g/mol. The largest absolute Gasteiger partial charge is 0.390 e. The van der Waals surface area contributed by atoms with Crippen molar-refractivity contribution in [1.82, 2.24) is 19.9 Å². The average Bonchev–Trinajstić information content (AvgIpc) is 3.37. The zero-order valence-electron chi connectivity index (χ0n) is 15.6. The van der Waals surface area contributed by atoms with Crippen molar-refractivity contribution in [2.75, 3.05) is 12.3 Å². The number of aliphatic hydroxyl groups excluding tert-OH is 2. The van der Waals surface area contributed by atoms with E-state index in [9.17, 15) is 10.2 Å². The van der Waals surface area contributed by atoms with Gasteiger partial charge in [-0.15, -0.1) is 0 Å². The Morgan fingerprint density at radius 1 is 1.14 bits per heavy atom. The minimum Gasteiger partial charge on any atom is -0.390 e. The van der Waals surface area contributed by atoms with E-state index in [4.69, 9.17) is 5.73 Å². The molecule has 3 aromatic rings. The highest BCUT2D eigenvalue weighted by atomic mass is 16.3. The molecule has 5 atom stereocenters. The van der Waals surface area contributed by atoms with Crippen molar-refractivity contribution in [2.45, 2.75) is 43.6 Å². The van der Waals surface area contributed by atoms with Gasteiger partial charge in [0.05, 0.1) is 17.5 Å². The number of hydrogen-bond acceptors (Lipinski definition) is 6. The van der Waals surface area contributed by atoms with Crippen LogP contribution in [-0.2, 0) is 6.42 Å². The maximum absolute atomic E-state index is 11.0. The Labute approximate surface area is 163 Å². The summed E-state index contributed by atoms with van der Waals surface area (Å²) in [6, 6.07) is 12.3. The van der Waals surface area contributed by atoms with Crippen molar-refractivity contribution in [3.05, 3.63) is 54.5 Å². The van der Waals surface area contributed by atoms with Crippen molar-refractivity contribution in [3.63, 3.8) is 0 Å². The summed E-state index contributed by atoms with van der Waals surface area (Å²) < 4.78 is 1.94. The van der Waals surface area contributed by atoms with Gasteiger partial charge in [-0.1, -0.05) is 30.3 Å². The molecule has 7 heteroatoms. The van der Waals surface area contributed by atoms with Gasteiger partial charge in [-0.3, -0.25) is 0 Å². The van der Waals surface area contributed by atoms with Gasteiger partial charge >= 0.3 is 0 Å². The molecular formula is C21H25N5O2. The second-order valence-electron chi connectivity index (χ2n) is 8.26. The molecule has 0 amide bonds. The van der Waals surface area contributed by atoms with Crippen molar-refractivity contribution >= 4 is 16.9 Å². The monoisotopic (exact) mass is 379 g/mol. The number of nitrogen functional groups attached to an aromatic ring is 1. The number of nitrogens with one attached hydrogen (secondary N) is 1. The van der Waals surface area contributed by atoms with E-state index in [0.717, 1.165) is 18.2 Å². The zero-order valence-corrected chi connectivity index (χ0v) is 15.6. The molecule has 2 fully saturated rings. The van der Waals surface area contributed by atoms with Gasteiger partial charge in [-0.05, 0) is 30.9 Å².